The van der Waals surface area contributed by atoms with Crippen molar-refractivity contribution in [3.63, 3.8) is 0 Å². The van der Waals surface area contributed by atoms with Crippen LogP contribution in [0.4, 0.5) is 0 Å². The lowest BCUT2D eigenvalue weighted by atomic mass is 10.1. The van der Waals surface area contributed by atoms with E-state index in [0.29, 0.717) is 29.1 Å². The van der Waals surface area contributed by atoms with Gasteiger partial charge in [-0.1, -0.05) is 25.5 Å². The molecular formula is C20H24N2O3S. The minimum absolute atomic E-state index is 0.0811. The minimum Gasteiger partial charge on any atom is -0.352 e. The van der Waals surface area contributed by atoms with Crippen LogP contribution in [0.3, 0.4) is 0 Å². The van der Waals surface area contributed by atoms with Crippen LogP contribution in [0.1, 0.15) is 46.0 Å². The molecule has 0 radical (unpaired) electrons. The summed E-state index contributed by atoms with van der Waals surface area (Å²) in [5.74, 6) is -0.276. The van der Waals surface area contributed by atoms with Crippen molar-refractivity contribution in [1.82, 2.24) is 10.6 Å². The van der Waals surface area contributed by atoms with Crippen molar-refractivity contribution in [2.45, 2.75) is 31.2 Å². The molecule has 0 saturated carbocycles. The van der Waals surface area contributed by atoms with Crippen molar-refractivity contribution in [2.75, 3.05) is 12.8 Å². The fraction of sp³-hybridized carbons (Fsp3) is 0.300. The lowest BCUT2D eigenvalue weighted by Crippen LogP contribution is -2.24. The lowest BCUT2D eigenvalue weighted by Gasteiger charge is -2.08. The zero-order valence-corrected chi connectivity index (χ0v) is 15.9. The monoisotopic (exact) mass is 372 g/mol. The van der Waals surface area contributed by atoms with Crippen molar-refractivity contribution < 1.29 is 13.8 Å². The molecule has 0 saturated heterocycles. The maximum Gasteiger partial charge on any atom is 0.251 e. The van der Waals surface area contributed by atoms with Gasteiger partial charge < -0.3 is 10.6 Å². The fourth-order valence-electron chi connectivity index (χ4n) is 2.34. The van der Waals surface area contributed by atoms with Crippen LogP contribution in [0.15, 0.2) is 53.4 Å². The molecule has 0 aliphatic heterocycles. The highest BCUT2D eigenvalue weighted by atomic mass is 32.2. The van der Waals surface area contributed by atoms with Crippen molar-refractivity contribution in [3.05, 3.63) is 65.2 Å². The topological polar surface area (TPSA) is 75.3 Å². The second kappa shape index (κ2) is 9.87. The predicted octanol–water partition coefficient (Wildman–Crippen LogP) is 2.88. The van der Waals surface area contributed by atoms with Crippen LogP contribution >= 0.6 is 0 Å². The Hall–Kier alpha value is -2.47. The van der Waals surface area contributed by atoms with E-state index in [4.69, 9.17) is 0 Å². The molecule has 0 bridgehead atoms. The summed E-state index contributed by atoms with van der Waals surface area (Å²) >= 11 is 0. The van der Waals surface area contributed by atoms with Crippen molar-refractivity contribution in [3.8, 4) is 0 Å². The summed E-state index contributed by atoms with van der Waals surface area (Å²) in [5, 5.41) is 5.71. The standard InChI is InChI=1S/C20H24N2O3S/c1-3-4-13-21-19(23)16-7-5-15(6-8-16)14-22-20(24)17-9-11-18(12-10-17)26(2)25/h5-12H,3-4,13-14H2,1-2H3,(H,21,23)(H,22,24). The third-order valence-electron chi connectivity index (χ3n) is 3.93. The number of hydrogen-bond donors (Lipinski definition) is 2. The third kappa shape index (κ3) is 5.81. The van der Waals surface area contributed by atoms with E-state index in [9.17, 15) is 13.8 Å². The minimum atomic E-state index is -1.06. The first-order chi connectivity index (χ1) is 12.5. The number of amides is 2. The Kier molecular flexibility index (Phi) is 7.53. The molecule has 2 aromatic rings. The summed E-state index contributed by atoms with van der Waals surface area (Å²) in [7, 11) is -1.06. The van der Waals surface area contributed by atoms with Gasteiger partial charge in [0.2, 0.25) is 0 Å². The number of benzene rings is 2. The van der Waals surface area contributed by atoms with E-state index in [0.717, 1.165) is 18.4 Å². The highest BCUT2D eigenvalue weighted by Crippen LogP contribution is 2.09. The smallest absolute Gasteiger partial charge is 0.251 e. The van der Waals surface area contributed by atoms with Gasteiger partial charge in [0, 0.05) is 46.2 Å². The Morgan fingerprint density at radius 3 is 1.96 bits per heavy atom. The lowest BCUT2D eigenvalue weighted by molar-refractivity contribution is 0.0942. The van der Waals surface area contributed by atoms with Crippen LogP contribution in [0.5, 0.6) is 0 Å². The molecule has 6 heteroatoms. The van der Waals surface area contributed by atoms with E-state index >= 15 is 0 Å². The van der Waals surface area contributed by atoms with Crippen molar-refractivity contribution in [2.24, 2.45) is 0 Å². The van der Waals surface area contributed by atoms with Crippen LogP contribution in [-0.2, 0) is 17.3 Å². The summed E-state index contributed by atoms with van der Waals surface area (Å²) in [6, 6.07) is 13.9. The number of hydrogen-bond acceptors (Lipinski definition) is 3. The maximum absolute atomic E-state index is 12.2. The average Bonchev–Trinajstić information content (AvgIpc) is 2.66. The van der Waals surface area contributed by atoms with E-state index in [1.165, 1.54) is 0 Å². The molecule has 2 rings (SSSR count). The first-order valence-corrected chi connectivity index (χ1v) is 10.2. The highest BCUT2D eigenvalue weighted by Gasteiger charge is 2.07. The summed E-state index contributed by atoms with van der Waals surface area (Å²) < 4.78 is 11.4. The molecule has 26 heavy (non-hydrogen) atoms. The molecule has 0 heterocycles. The van der Waals surface area contributed by atoms with Crippen LogP contribution in [0.25, 0.3) is 0 Å². The summed E-state index contributed by atoms with van der Waals surface area (Å²) in [4.78, 5) is 24.8. The molecule has 2 amide bonds. The largest absolute Gasteiger partial charge is 0.352 e. The molecule has 0 fully saturated rings. The van der Waals surface area contributed by atoms with E-state index in [2.05, 4.69) is 17.6 Å². The second-order valence-corrected chi connectivity index (χ2v) is 7.35. The molecule has 0 aliphatic carbocycles. The Morgan fingerprint density at radius 2 is 1.42 bits per heavy atom. The van der Waals surface area contributed by atoms with Gasteiger partial charge in [-0.3, -0.25) is 13.8 Å². The third-order valence-corrected chi connectivity index (χ3v) is 4.87. The number of carbonyl (C=O) groups is 2. The summed E-state index contributed by atoms with van der Waals surface area (Å²) in [6.45, 7) is 3.13. The maximum atomic E-state index is 12.2. The Balaban J connectivity index is 1.87. The molecule has 5 nitrogen and oxygen atoms in total. The first-order valence-electron chi connectivity index (χ1n) is 8.60. The Morgan fingerprint density at radius 1 is 0.885 bits per heavy atom. The van der Waals surface area contributed by atoms with Gasteiger partial charge in [-0.25, -0.2) is 0 Å². The van der Waals surface area contributed by atoms with Gasteiger partial charge in [-0.2, -0.15) is 0 Å². The quantitative estimate of drug-likeness (QED) is 0.700. The molecule has 1 unspecified atom stereocenters. The number of rotatable bonds is 8. The number of nitrogens with one attached hydrogen (secondary N) is 2. The molecular weight excluding hydrogens is 348 g/mol. The Labute approximate surface area is 156 Å². The van der Waals surface area contributed by atoms with Crippen LogP contribution in [0.2, 0.25) is 0 Å². The fourth-order valence-corrected chi connectivity index (χ4v) is 2.86. The normalized spacial score (nSPS) is 11.6. The predicted molar refractivity (Wildman–Crippen MR) is 104 cm³/mol. The number of unbranched alkanes of at least 4 members (excludes halogenated alkanes) is 1. The molecule has 0 aliphatic rings. The molecule has 2 N–H and O–H groups in total. The summed E-state index contributed by atoms with van der Waals surface area (Å²) in [5.41, 5.74) is 2.04. The van der Waals surface area contributed by atoms with Crippen LogP contribution < -0.4 is 10.6 Å². The van der Waals surface area contributed by atoms with Gasteiger partial charge in [-0.15, -0.1) is 0 Å². The molecule has 0 spiro atoms. The zero-order valence-electron chi connectivity index (χ0n) is 15.1. The van der Waals surface area contributed by atoms with E-state index in [1.807, 2.05) is 12.1 Å². The van der Waals surface area contributed by atoms with Gasteiger partial charge in [0.1, 0.15) is 0 Å². The highest BCUT2D eigenvalue weighted by molar-refractivity contribution is 7.84. The zero-order chi connectivity index (χ0) is 18.9. The SMILES string of the molecule is CCCCNC(=O)c1ccc(CNC(=O)c2ccc(S(C)=O)cc2)cc1. The van der Waals surface area contributed by atoms with Gasteiger partial charge in [-0.05, 0) is 48.4 Å². The van der Waals surface area contributed by atoms with Crippen LogP contribution in [0, 0.1) is 0 Å². The second-order valence-electron chi connectivity index (χ2n) is 5.97. The van der Waals surface area contributed by atoms with Gasteiger partial charge in [0.05, 0.1) is 0 Å². The van der Waals surface area contributed by atoms with Gasteiger partial charge in [0.25, 0.3) is 11.8 Å². The van der Waals surface area contributed by atoms with Crippen molar-refractivity contribution in [1.29, 1.82) is 0 Å². The van der Waals surface area contributed by atoms with Crippen molar-refractivity contribution >= 4 is 22.6 Å². The van der Waals surface area contributed by atoms with Crippen LogP contribution in [-0.4, -0.2) is 28.8 Å². The molecule has 138 valence electrons. The van der Waals surface area contributed by atoms with E-state index < -0.39 is 10.8 Å². The molecule has 0 aromatic heterocycles. The first kappa shape index (κ1) is 19.8. The van der Waals surface area contributed by atoms with E-state index in [1.54, 1.807) is 42.7 Å². The molecule has 2 aromatic carbocycles. The average molecular weight is 372 g/mol. The van der Waals surface area contributed by atoms with Gasteiger partial charge in [0.15, 0.2) is 0 Å². The number of carbonyl (C=O) groups excluding carboxylic acids is 2. The molecule has 1 atom stereocenters. The summed E-state index contributed by atoms with van der Waals surface area (Å²) in [6.07, 6.45) is 3.60. The van der Waals surface area contributed by atoms with E-state index in [-0.39, 0.29) is 11.8 Å². The van der Waals surface area contributed by atoms with Gasteiger partial charge >= 0.3 is 0 Å². The Bertz CT molecular complexity index is 771.